The van der Waals surface area contributed by atoms with Crippen molar-refractivity contribution in [3.63, 3.8) is 0 Å². The van der Waals surface area contributed by atoms with Crippen molar-refractivity contribution in [3.8, 4) is 5.75 Å². The zero-order valence-electron chi connectivity index (χ0n) is 14.7. The average molecular weight is 369 g/mol. The summed E-state index contributed by atoms with van der Waals surface area (Å²) in [5, 5.41) is 12.8. The van der Waals surface area contributed by atoms with Crippen molar-refractivity contribution in [2.45, 2.75) is 32.1 Å². The second-order valence-corrected chi connectivity index (χ2v) is 6.31. The third kappa shape index (κ3) is 3.68. The maximum absolute atomic E-state index is 11.0. The number of carbonyl (C=O) groups is 1. The van der Waals surface area contributed by atoms with E-state index >= 15 is 0 Å². The van der Waals surface area contributed by atoms with Crippen LogP contribution in [0.1, 0.15) is 26.0 Å². The molecule has 0 radical (unpaired) electrons. The lowest BCUT2D eigenvalue weighted by Gasteiger charge is -2.15. The van der Waals surface area contributed by atoms with E-state index in [0.717, 1.165) is 12.8 Å². The summed E-state index contributed by atoms with van der Waals surface area (Å²) < 4.78 is 12.9. The van der Waals surface area contributed by atoms with Gasteiger partial charge in [0.1, 0.15) is 24.9 Å². The van der Waals surface area contributed by atoms with Gasteiger partial charge in [-0.05, 0) is 25.0 Å². The highest BCUT2D eigenvalue weighted by Crippen LogP contribution is 2.32. The van der Waals surface area contributed by atoms with Crippen molar-refractivity contribution in [2.24, 2.45) is 0 Å². The van der Waals surface area contributed by atoms with E-state index in [-0.39, 0.29) is 30.7 Å². The number of benzene rings is 1. The molecule has 27 heavy (non-hydrogen) atoms. The van der Waals surface area contributed by atoms with E-state index in [2.05, 4.69) is 20.3 Å². The van der Waals surface area contributed by atoms with Gasteiger partial charge in [-0.1, -0.05) is 6.07 Å². The fourth-order valence-corrected chi connectivity index (χ4v) is 3.10. The zero-order chi connectivity index (χ0) is 18.8. The molecule has 9 nitrogen and oxygen atoms in total. The van der Waals surface area contributed by atoms with Gasteiger partial charge in [0.15, 0.2) is 17.0 Å². The first-order valence-corrected chi connectivity index (χ1v) is 8.62. The molecule has 0 amide bonds. The second-order valence-electron chi connectivity index (χ2n) is 6.31. The maximum atomic E-state index is 11.0. The fraction of sp³-hybridized carbons (Fsp3) is 0.333. The van der Waals surface area contributed by atoms with Crippen LogP contribution >= 0.6 is 0 Å². The van der Waals surface area contributed by atoms with Gasteiger partial charge in [-0.2, -0.15) is 0 Å². The summed E-state index contributed by atoms with van der Waals surface area (Å²) >= 11 is 0. The van der Waals surface area contributed by atoms with Crippen LogP contribution in [0, 0.1) is 0 Å². The predicted molar refractivity (Wildman–Crippen MR) is 96.5 cm³/mol. The normalized spacial score (nSPS) is 19.3. The van der Waals surface area contributed by atoms with E-state index in [9.17, 15) is 9.90 Å². The minimum absolute atomic E-state index is 0.136. The summed E-state index contributed by atoms with van der Waals surface area (Å²) in [6, 6.07) is 6.76. The Morgan fingerprint density at radius 2 is 2.26 bits per heavy atom. The van der Waals surface area contributed by atoms with Crippen LogP contribution in [0.15, 0.2) is 36.9 Å². The minimum atomic E-state index is -0.314. The number of phenols is 1. The molecule has 1 fully saturated rings. The van der Waals surface area contributed by atoms with Gasteiger partial charge in [0, 0.05) is 18.7 Å². The number of anilines is 2. The summed E-state index contributed by atoms with van der Waals surface area (Å²) in [6.07, 6.45) is 4.33. The quantitative estimate of drug-likeness (QED) is 0.660. The van der Waals surface area contributed by atoms with Crippen LogP contribution < -0.4 is 5.32 Å². The van der Waals surface area contributed by atoms with Gasteiger partial charge in [-0.3, -0.25) is 9.36 Å². The van der Waals surface area contributed by atoms with Crippen LogP contribution in [0.4, 0.5) is 11.5 Å². The number of esters is 1. The smallest absolute Gasteiger partial charge is 0.302 e. The topological polar surface area (TPSA) is 111 Å². The third-order valence-electron chi connectivity index (χ3n) is 4.34. The number of fused-ring (bicyclic) bond motifs is 1. The molecule has 1 aliphatic heterocycles. The van der Waals surface area contributed by atoms with Gasteiger partial charge in [0.2, 0.25) is 0 Å². The molecule has 2 atom stereocenters. The number of phenolic OH excluding ortho intramolecular Hbond substituents is 1. The molecule has 4 rings (SSSR count). The number of rotatable bonds is 5. The lowest BCUT2D eigenvalue weighted by molar-refractivity contribution is -0.145. The molecule has 0 saturated carbocycles. The summed E-state index contributed by atoms with van der Waals surface area (Å²) in [6.45, 7) is 1.63. The van der Waals surface area contributed by atoms with Crippen LogP contribution in [0.2, 0.25) is 0 Å². The molecule has 140 valence electrons. The predicted octanol–water partition coefficient (Wildman–Crippen LogP) is 2.52. The van der Waals surface area contributed by atoms with E-state index in [4.69, 9.17) is 9.47 Å². The van der Waals surface area contributed by atoms with Gasteiger partial charge < -0.3 is 19.9 Å². The number of carbonyl (C=O) groups excluding carboxylic acids is 1. The van der Waals surface area contributed by atoms with Crippen LogP contribution in [0.3, 0.4) is 0 Å². The Morgan fingerprint density at radius 1 is 1.37 bits per heavy atom. The van der Waals surface area contributed by atoms with E-state index in [0.29, 0.717) is 22.7 Å². The van der Waals surface area contributed by atoms with Crippen LogP contribution in [-0.2, 0) is 14.3 Å². The van der Waals surface area contributed by atoms with Gasteiger partial charge in [0.05, 0.1) is 12.4 Å². The van der Waals surface area contributed by atoms with E-state index < -0.39 is 0 Å². The van der Waals surface area contributed by atoms with Gasteiger partial charge in [-0.15, -0.1) is 0 Å². The van der Waals surface area contributed by atoms with Gasteiger partial charge in [0.25, 0.3) is 0 Å². The van der Waals surface area contributed by atoms with E-state index in [1.54, 1.807) is 24.5 Å². The fourth-order valence-electron chi connectivity index (χ4n) is 3.10. The monoisotopic (exact) mass is 369 g/mol. The van der Waals surface area contributed by atoms with Gasteiger partial charge >= 0.3 is 5.97 Å². The van der Waals surface area contributed by atoms with Crippen molar-refractivity contribution < 1.29 is 19.4 Å². The molecule has 0 unspecified atom stereocenters. The molecule has 2 aromatic heterocycles. The first kappa shape index (κ1) is 17.2. The number of nitrogens with zero attached hydrogens (tertiary/aromatic N) is 4. The number of aromatic hydroxyl groups is 1. The Labute approximate surface area is 155 Å². The molecule has 2 N–H and O–H groups in total. The molecule has 1 aromatic carbocycles. The van der Waals surface area contributed by atoms with E-state index in [1.807, 2.05) is 10.6 Å². The summed E-state index contributed by atoms with van der Waals surface area (Å²) in [4.78, 5) is 24.0. The summed E-state index contributed by atoms with van der Waals surface area (Å²) in [5.41, 5.74) is 1.95. The molecule has 3 aromatic rings. The van der Waals surface area contributed by atoms with Crippen molar-refractivity contribution in [2.75, 3.05) is 11.9 Å². The van der Waals surface area contributed by atoms with E-state index in [1.165, 1.54) is 13.3 Å². The number of nitrogens with one attached hydrogen (secondary N) is 1. The molecular formula is C18H19N5O4. The average Bonchev–Trinajstić information content (AvgIpc) is 3.27. The van der Waals surface area contributed by atoms with Crippen LogP contribution in [0.25, 0.3) is 11.2 Å². The van der Waals surface area contributed by atoms with Crippen LogP contribution in [0.5, 0.6) is 5.75 Å². The molecular weight excluding hydrogens is 350 g/mol. The number of hydrogen-bond donors (Lipinski definition) is 2. The maximum Gasteiger partial charge on any atom is 0.302 e. The molecule has 0 bridgehead atoms. The molecule has 9 heteroatoms. The third-order valence-corrected chi connectivity index (χ3v) is 4.34. The first-order chi connectivity index (χ1) is 13.1. The Kier molecular flexibility index (Phi) is 4.59. The number of hydrogen-bond acceptors (Lipinski definition) is 8. The first-order valence-electron chi connectivity index (χ1n) is 8.62. The van der Waals surface area contributed by atoms with Crippen LogP contribution in [-0.4, -0.2) is 43.3 Å². The van der Waals surface area contributed by atoms with Crippen molar-refractivity contribution >= 4 is 28.6 Å². The molecule has 0 aliphatic carbocycles. The lowest BCUT2D eigenvalue weighted by Crippen LogP contribution is -2.18. The Hall–Kier alpha value is -3.20. The highest BCUT2D eigenvalue weighted by molar-refractivity contribution is 5.85. The standard InChI is InChI=1S/C18H19N5O4/c1-11(24)26-8-14-5-6-15(27-14)23-10-21-16-17(19-9-20-18(16)23)22-12-3-2-4-13(25)7-12/h2-4,7,9-10,14-15,25H,5-6,8H2,1H3,(H,19,20,22)/t14-,15-/m1/s1. The Morgan fingerprint density at radius 3 is 3.07 bits per heavy atom. The second kappa shape index (κ2) is 7.20. The summed E-state index contributed by atoms with van der Waals surface area (Å²) in [5.74, 6) is 0.387. The molecule has 1 saturated heterocycles. The lowest BCUT2D eigenvalue weighted by atomic mass is 10.2. The van der Waals surface area contributed by atoms with Crippen molar-refractivity contribution in [3.05, 3.63) is 36.9 Å². The summed E-state index contributed by atoms with van der Waals surface area (Å²) in [7, 11) is 0. The Balaban J connectivity index is 1.55. The SMILES string of the molecule is CC(=O)OC[C@H]1CC[C@H](n2cnc3c(Nc4cccc(O)c4)ncnc32)O1. The van der Waals surface area contributed by atoms with Crippen molar-refractivity contribution in [1.82, 2.24) is 19.5 Å². The highest BCUT2D eigenvalue weighted by Gasteiger charge is 2.29. The largest absolute Gasteiger partial charge is 0.508 e. The number of ether oxygens (including phenoxy) is 2. The minimum Gasteiger partial charge on any atom is -0.508 e. The zero-order valence-corrected chi connectivity index (χ0v) is 14.7. The molecule has 3 heterocycles. The number of aromatic nitrogens is 4. The Bertz CT molecular complexity index is 973. The van der Waals surface area contributed by atoms with Gasteiger partial charge in [-0.25, -0.2) is 15.0 Å². The number of imidazole rings is 1. The highest BCUT2D eigenvalue weighted by atomic mass is 16.6. The molecule has 0 spiro atoms. The van der Waals surface area contributed by atoms with Crippen molar-refractivity contribution in [1.29, 1.82) is 0 Å². The molecule has 1 aliphatic rings.